The molecule has 0 aromatic rings. The number of hydrogen-bond acceptors (Lipinski definition) is 4. The average molecular weight is 264 g/mol. The molecule has 1 aliphatic rings. The highest BCUT2D eigenvalue weighted by Crippen LogP contribution is 2.16. The lowest BCUT2D eigenvalue weighted by Gasteiger charge is -2.28. The molecule has 1 saturated heterocycles. The Morgan fingerprint density at radius 2 is 2.18 bits per heavy atom. The van der Waals surface area contributed by atoms with Crippen molar-refractivity contribution in [3.05, 3.63) is 0 Å². The monoisotopic (exact) mass is 264 g/mol. The largest absolute Gasteiger partial charge is 0.377 e. The Labute approximate surface area is 105 Å². The second kappa shape index (κ2) is 6.68. The molecule has 5 nitrogen and oxygen atoms in total. The summed E-state index contributed by atoms with van der Waals surface area (Å²) in [4.78, 5) is 0. The van der Waals surface area contributed by atoms with Gasteiger partial charge in [-0.05, 0) is 33.2 Å². The summed E-state index contributed by atoms with van der Waals surface area (Å²) in [7, 11) is 0.189. The van der Waals surface area contributed by atoms with Crippen molar-refractivity contribution in [1.29, 1.82) is 0 Å². The Balaban J connectivity index is 2.52. The molecule has 1 aliphatic heterocycles. The lowest BCUT2D eigenvalue weighted by Crippen LogP contribution is -2.43. The minimum Gasteiger partial charge on any atom is -0.377 e. The van der Waals surface area contributed by atoms with Crippen LogP contribution in [0, 0.1) is 0 Å². The smallest absolute Gasteiger partial charge is 0.217 e. The van der Waals surface area contributed by atoms with Crippen molar-refractivity contribution in [2.75, 3.05) is 33.8 Å². The third-order valence-corrected chi connectivity index (χ3v) is 5.37. The van der Waals surface area contributed by atoms with Crippen molar-refractivity contribution in [2.45, 2.75) is 37.5 Å². The van der Waals surface area contributed by atoms with Crippen LogP contribution in [0.4, 0.5) is 0 Å². The van der Waals surface area contributed by atoms with Gasteiger partial charge in [0.25, 0.3) is 0 Å². The topological polar surface area (TPSA) is 58.6 Å². The fraction of sp³-hybridized carbons (Fsp3) is 1.00. The first-order chi connectivity index (χ1) is 7.98. The lowest BCUT2D eigenvalue weighted by molar-refractivity contribution is 0.00850. The van der Waals surface area contributed by atoms with E-state index in [4.69, 9.17) is 4.74 Å². The fourth-order valence-electron chi connectivity index (χ4n) is 2.04. The van der Waals surface area contributed by atoms with Crippen LogP contribution in [0.3, 0.4) is 0 Å². The molecular formula is C11H24N2O3S. The zero-order valence-corrected chi connectivity index (χ0v) is 11.8. The first-order valence-electron chi connectivity index (χ1n) is 6.20. The first-order valence-corrected chi connectivity index (χ1v) is 7.70. The van der Waals surface area contributed by atoms with Crippen LogP contribution in [0.25, 0.3) is 0 Å². The van der Waals surface area contributed by atoms with Crippen LogP contribution in [0.1, 0.15) is 26.2 Å². The summed E-state index contributed by atoms with van der Waals surface area (Å²) in [6.45, 7) is 3.42. The highest BCUT2D eigenvalue weighted by Gasteiger charge is 2.28. The van der Waals surface area contributed by atoms with Crippen molar-refractivity contribution < 1.29 is 13.2 Å². The molecule has 0 aromatic carbocycles. The van der Waals surface area contributed by atoms with Gasteiger partial charge in [0.15, 0.2) is 0 Å². The second-order valence-corrected chi connectivity index (χ2v) is 7.14. The summed E-state index contributed by atoms with van der Waals surface area (Å²) in [5.41, 5.74) is 0. The summed E-state index contributed by atoms with van der Waals surface area (Å²) >= 11 is 0. The van der Waals surface area contributed by atoms with Gasteiger partial charge in [-0.3, -0.25) is 0 Å². The van der Waals surface area contributed by atoms with E-state index >= 15 is 0 Å². The summed E-state index contributed by atoms with van der Waals surface area (Å²) in [5.74, 6) is 0. The molecule has 102 valence electrons. The van der Waals surface area contributed by atoms with Gasteiger partial charge in [0.05, 0.1) is 11.4 Å². The van der Waals surface area contributed by atoms with Gasteiger partial charge in [0.2, 0.25) is 10.0 Å². The number of nitrogens with zero attached hydrogens (tertiary/aromatic N) is 1. The SMILES string of the molecule is CNCC(C)S(=O)(=O)N(C)CC1CCCCO1. The summed E-state index contributed by atoms with van der Waals surface area (Å²) in [6, 6.07) is 0. The lowest BCUT2D eigenvalue weighted by atomic mass is 10.1. The highest BCUT2D eigenvalue weighted by atomic mass is 32.2. The number of likely N-dealkylation sites (N-methyl/N-ethyl adjacent to an activating group) is 1. The van der Waals surface area contributed by atoms with Crippen molar-refractivity contribution in [3.63, 3.8) is 0 Å². The molecule has 2 atom stereocenters. The maximum atomic E-state index is 12.1. The van der Waals surface area contributed by atoms with E-state index in [0.717, 1.165) is 25.9 Å². The molecule has 0 bridgehead atoms. The van der Waals surface area contributed by atoms with Crippen molar-refractivity contribution in [2.24, 2.45) is 0 Å². The Bertz CT molecular complexity index is 313. The number of nitrogens with one attached hydrogen (secondary N) is 1. The van der Waals surface area contributed by atoms with Crippen LogP contribution in [0.5, 0.6) is 0 Å². The van der Waals surface area contributed by atoms with Crippen molar-refractivity contribution >= 4 is 10.0 Å². The normalized spacial score (nSPS) is 23.9. The van der Waals surface area contributed by atoms with E-state index in [1.807, 2.05) is 0 Å². The van der Waals surface area contributed by atoms with Crippen molar-refractivity contribution in [3.8, 4) is 0 Å². The van der Waals surface area contributed by atoms with Crippen LogP contribution in [-0.4, -0.2) is 57.9 Å². The van der Waals surface area contributed by atoms with Gasteiger partial charge in [-0.25, -0.2) is 12.7 Å². The highest BCUT2D eigenvalue weighted by molar-refractivity contribution is 7.89. The van der Waals surface area contributed by atoms with Gasteiger partial charge >= 0.3 is 0 Å². The summed E-state index contributed by atoms with van der Waals surface area (Å²) in [5, 5.41) is 2.49. The van der Waals surface area contributed by atoms with E-state index in [0.29, 0.717) is 13.1 Å². The maximum absolute atomic E-state index is 12.1. The predicted molar refractivity (Wildman–Crippen MR) is 68.5 cm³/mol. The Hall–Kier alpha value is -0.170. The summed E-state index contributed by atoms with van der Waals surface area (Å²) < 4.78 is 31.2. The van der Waals surface area contributed by atoms with Gasteiger partial charge in [0, 0.05) is 26.7 Å². The number of hydrogen-bond donors (Lipinski definition) is 1. The van der Waals surface area contributed by atoms with E-state index < -0.39 is 15.3 Å². The molecule has 0 saturated carbocycles. The second-order valence-electron chi connectivity index (χ2n) is 4.68. The van der Waals surface area contributed by atoms with E-state index in [1.165, 1.54) is 4.31 Å². The van der Waals surface area contributed by atoms with Gasteiger partial charge in [-0.15, -0.1) is 0 Å². The van der Waals surface area contributed by atoms with E-state index in [-0.39, 0.29) is 6.10 Å². The molecule has 1 N–H and O–H groups in total. The third kappa shape index (κ3) is 4.21. The zero-order chi connectivity index (χ0) is 12.9. The molecule has 0 spiro atoms. The number of ether oxygens (including phenoxy) is 1. The minimum absolute atomic E-state index is 0.0605. The Kier molecular flexibility index (Phi) is 5.85. The summed E-state index contributed by atoms with van der Waals surface area (Å²) in [6.07, 6.45) is 3.24. The standard InChI is InChI=1S/C11H24N2O3S/c1-10(8-12-2)17(14,15)13(3)9-11-6-4-5-7-16-11/h10-12H,4-9H2,1-3H3. The van der Waals surface area contributed by atoms with Gasteiger partial charge in [-0.1, -0.05) is 0 Å². The first kappa shape index (κ1) is 14.9. The Morgan fingerprint density at radius 3 is 2.71 bits per heavy atom. The van der Waals surface area contributed by atoms with E-state index in [1.54, 1.807) is 21.0 Å². The van der Waals surface area contributed by atoms with Gasteiger partial charge < -0.3 is 10.1 Å². The molecule has 2 unspecified atom stereocenters. The molecule has 0 radical (unpaired) electrons. The average Bonchev–Trinajstić information content (AvgIpc) is 2.30. The van der Waals surface area contributed by atoms with E-state index in [2.05, 4.69) is 5.32 Å². The fourth-order valence-corrected chi connectivity index (χ4v) is 3.41. The van der Waals surface area contributed by atoms with Gasteiger partial charge in [0.1, 0.15) is 0 Å². The third-order valence-electron chi connectivity index (χ3n) is 3.17. The molecule has 0 amide bonds. The molecule has 17 heavy (non-hydrogen) atoms. The molecule has 1 fully saturated rings. The molecular weight excluding hydrogens is 240 g/mol. The minimum atomic E-state index is -3.21. The van der Waals surface area contributed by atoms with E-state index in [9.17, 15) is 8.42 Å². The molecule has 1 rings (SSSR count). The molecule has 6 heteroatoms. The van der Waals surface area contributed by atoms with Crippen molar-refractivity contribution in [1.82, 2.24) is 9.62 Å². The predicted octanol–water partition coefficient (Wildman–Crippen LogP) is 0.425. The molecule has 0 aromatic heterocycles. The molecule has 1 heterocycles. The number of sulfonamides is 1. The van der Waals surface area contributed by atoms with Crippen LogP contribution in [-0.2, 0) is 14.8 Å². The maximum Gasteiger partial charge on any atom is 0.217 e. The van der Waals surface area contributed by atoms with Gasteiger partial charge in [-0.2, -0.15) is 0 Å². The van der Waals surface area contributed by atoms with Crippen LogP contribution < -0.4 is 5.32 Å². The zero-order valence-electron chi connectivity index (χ0n) is 11.0. The quantitative estimate of drug-likeness (QED) is 0.755. The Morgan fingerprint density at radius 1 is 1.47 bits per heavy atom. The number of rotatable bonds is 6. The van der Waals surface area contributed by atoms with Crippen LogP contribution >= 0.6 is 0 Å². The van der Waals surface area contributed by atoms with Crippen LogP contribution in [0.15, 0.2) is 0 Å². The van der Waals surface area contributed by atoms with Crippen LogP contribution in [0.2, 0.25) is 0 Å². The molecule has 0 aliphatic carbocycles.